The second kappa shape index (κ2) is 2.53. The van der Waals surface area contributed by atoms with Gasteiger partial charge in [-0.25, -0.2) is 0 Å². The molecule has 1 fully saturated rings. The zero-order valence-electron chi connectivity index (χ0n) is 5.46. The van der Waals surface area contributed by atoms with Crippen molar-refractivity contribution >= 4 is 10.8 Å². The Hall–Kier alpha value is -0.290. The van der Waals surface area contributed by atoms with E-state index in [9.17, 15) is 4.21 Å². The lowest BCUT2D eigenvalue weighted by Crippen LogP contribution is -2.04. The molecule has 0 aromatic carbocycles. The highest BCUT2D eigenvalue weighted by molar-refractivity contribution is 7.85. The average molecular weight is 142 g/mol. The summed E-state index contributed by atoms with van der Waals surface area (Å²) in [5, 5.41) is 0. The maximum atomic E-state index is 10.8. The van der Waals surface area contributed by atoms with Gasteiger partial charge in [0.2, 0.25) is 0 Å². The second-order valence-corrected chi connectivity index (χ2v) is 4.07. The van der Waals surface area contributed by atoms with E-state index in [2.05, 4.69) is 12.8 Å². The van der Waals surface area contributed by atoms with Crippen LogP contribution in [0.25, 0.3) is 0 Å². The Bertz CT molecular complexity index is 168. The second-order valence-electron chi connectivity index (χ2n) is 2.52. The first-order valence-corrected chi connectivity index (χ1v) is 4.54. The molecule has 3 atom stereocenters. The van der Waals surface area contributed by atoms with Crippen molar-refractivity contribution in [1.82, 2.24) is 0 Å². The molecule has 9 heavy (non-hydrogen) atoms. The van der Waals surface area contributed by atoms with Gasteiger partial charge in [0, 0.05) is 28.2 Å². The highest BCUT2D eigenvalue weighted by Crippen LogP contribution is 2.20. The first kappa shape index (κ1) is 6.82. The average Bonchev–Trinajstić information content (AvgIpc) is 2.10. The highest BCUT2D eigenvalue weighted by Gasteiger charge is 2.26. The molecule has 1 saturated heterocycles. The molecule has 0 aromatic rings. The van der Waals surface area contributed by atoms with Crippen LogP contribution in [0.2, 0.25) is 0 Å². The molecule has 3 unspecified atom stereocenters. The SMILES string of the molecule is C#CC1CS(=O)CC1C. The standard InChI is InChI=1S/C7H10OS/c1-3-7-5-9(8)4-6(7)2/h1,6-7H,4-5H2,2H3. The molecule has 50 valence electrons. The van der Waals surface area contributed by atoms with Crippen molar-refractivity contribution in [3.63, 3.8) is 0 Å². The van der Waals surface area contributed by atoms with Crippen LogP contribution in [0.1, 0.15) is 6.92 Å². The maximum Gasteiger partial charge on any atom is 0.0375 e. The molecule has 0 spiro atoms. The zero-order chi connectivity index (χ0) is 6.85. The molecular formula is C7H10OS. The van der Waals surface area contributed by atoms with Crippen LogP contribution in [0.4, 0.5) is 0 Å². The van der Waals surface area contributed by atoms with Crippen LogP contribution in [-0.2, 0) is 10.8 Å². The molecule has 1 rings (SSSR count). The van der Waals surface area contributed by atoms with Crippen LogP contribution in [0, 0.1) is 24.2 Å². The van der Waals surface area contributed by atoms with E-state index in [4.69, 9.17) is 6.42 Å². The third-order valence-corrected chi connectivity index (χ3v) is 3.34. The molecule has 0 amide bonds. The van der Waals surface area contributed by atoms with Gasteiger partial charge in [0.1, 0.15) is 0 Å². The minimum Gasteiger partial charge on any atom is -0.260 e. The molecule has 0 aliphatic carbocycles. The van der Waals surface area contributed by atoms with Crippen LogP contribution < -0.4 is 0 Å². The van der Waals surface area contributed by atoms with Crippen molar-refractivity contribution in [3.8, 4) is 12.3 Å². The van der Waals surface area contributed by atoms with Gasteiger partial charge in [0.05, 0.1) is 0 Å². The normalized spacial score (nSPS) is 42.4. The fourth-order valence-electron chi connectivity index (χ4n) is 1.05. The van der Waals surface area contributed by atoms with Gasteiger partial charge in [0.25, 0.3) is 0 Å². The fraction of sp³-hybridized carbons (Fsp3) is 0.714. The largest absolute Gasteiger partial charge is 0.260 e. The van der Waals surface area contributed by atoms with Gasteiger partial charge in [0.15, 0.2) is 0 Å². The predicted molar refractivity (Wildman–Crippen MR) is 39.4 cm³/mol. The summed E-state index contributed by atoms with van der Waals surface area (Å²) < 4.78 is 10.8. The molecule has 1 heterocycles. The highest BCUT2D eigenvalue weighted by atomic mass is 32.2. The van der Waals surface area contributed by atoms with E-state index in [1.807, 2.05) is 0 Å². The summed E-state index contributed by atoms with van der Waals surface area (Å²) in [6, 6.07) is 0. The summed E-state index contributed by atoms with van der Waals surface area (Å²) in [6.45, 7) is 2.06. The van der Waals surface area contributed by atoms with Gasteiger partial charge in [-0.2, -0.15) is 0 Å². The van der Waals surface area contributed by atoms with Crippen LogP contribution >= 0.6 is 0 Å². The van der Waals surface area contributed by atoms with Gasteiger partial charge < -0.3 is 0 Å². The Balaban J connectivity index is 2.60. The first-order chi connectivity index (χ1) is 4.24. The fourth-order valence-corrected chi connectivity index (χ4v) is 2.83. The number of rotatable bonds is 0. The Labute approximate surface area is 58.3 Å². The molecule has 0 radical (unpaired) electrons. The third-order valence-electron chi connectivity index (χ3n) is 1.72. The van der Waals surface area contributed by atoms with Gasteiger partial charge in [-0.05, 0) is 5.92 Å². The number of terminal acetylenes is 1. The van der Waals surface area contributed by atoms with E-state index in [1.54, 1.807) is 0 Å². The Morgan fingerprint density at radius 3 is 2.56 bits per heavy atom. The van der Waals surface area contributed by atoms with Crippen LogP contribution in [0.3, 0.4) is 0 Å². The van der Waals surface area contributed by atoms with E-state index < -0.39 is 10.8 Å². The van der Waals surface area contributed by atoms with E-state index in [0.29, 0.717) is 5.92 Å². The molecular weight excluding hydrogens is 132 g/mol. The van der Waals surface area contributed by atoms with E-state index in [0.717, 1.165) is 11.5 Å². The molecule has 1 aliphatic heterocycles. The molecule has 1 nitrogen and oxygen atoms in total. The monoisotopic (exact) mass is 142 g/mol. The van der Waals surface area contributed by atoms with Crippen LogP contribution in [-0.4, -0.2) is 15.7 Å². The maximum absolute atomic E-state index is 10.8. The quantitative estimate of drug-likeness (QED) is 0.453. The lowest BCUT2D eigenvalue weighted by atomic mass is 10.00. The zero-order valence-corrected chi connectivity index (χ0v) is 6.28. The number of hydrogen-bond acceptors (Lipinski definition) is 1. The van der Waals surface area contributed by atoms with Crippen molar-refractivity contribution in [2.45, 2.75) is 6.92 Å². The van der Waals surface area contributed by atoms with E-state index in [1.165, 1.54) is 0 Å². The lowest BCUT2D eigenvalue weighted by molar-refractivity contribution is 0.560. The third kappa shape index (κ3) is 1.34. The summed E-state index contributed by atoms with van der Waals surface area (Å²) in [5.74, 6) is 4.91. The van der Waals surface area contributed by atoms with Gasteiger partial charge in [-0.3, -0.25) is 4.21 Å². The summed E-state index contributed by atoms with van der Waals surface area (Å²) in [6.07, 6.45) is 5.20. The Morgan fingerprint density at radius 1 is 1.67 bits per heavy atom. The topological polar surface area (TPSA) is 17.1 Å². The molecule has 0 aromatic heterocycles. The minimum absolute atomic E-state index is 0.269. The van der Waals surface area contributed by atoms with Crippen molar-refractivity contribution < 1.29 is 4.21 Å². The van der Waals surface area contributed by atoms with Crippen LogP contribution in [0.15, 0.2) is 0 Å². The first-order valence-electron chi connectivity index (χ1n) is 3.05. The van der Waals surface area contributed by atoms with Gasteiger partial charge in [-0.15, -0.1) is 12.3 Å². The van der Waals surface area contributed by atoms with E-state index in [-0.39, 0.29) is 5.92 Å². The molecule has 2 heteroatoms. The molecule has 0 N–H and O–H groups in total. The number of hydrogen-bond donors (Lipinski definition) is 0. The van der Waals surface area contributed by atoms with Crippen molar-refractivity contribution in [2.75, 3.05) is 11.5 Å². The van der Waals surface area contributed by atoms with Crippen molar-refractivity contribution in [1.29, 1.82) is 0 Å². The Morgan fingerprint density at radius 2 is 2.33 bits per heavy atom. The Kier molecular flexibility index (Phi) is 1.92. The summed E-state index contributed by atoms with van der Waals surface area (Å²) in [5.41, 5.74) is 0. The van der Waals surface area contributed by atoms with Crippen LogP contribution in [0.5, 0.6) is 0 Å². The molecule has 0 saturated carbocycles. The molecule has 1 aliphatic rings. The van der Waals surface area contributed by atoms with E-state index >= 15 is 0 Å². The summed E-state index contributed by atoms with van der Waals surface area (Å²) in [4.78, 5) is 0. The minimum atomic E-state index is -0.625. The summed E-state index contributed by atoms with van der Waals surface area (Å²) in [7, 11) is -0.625. The van der Waals surface area contributed by atoms with Gasteiger partial charge >= 0.3 is 0 Å². The van der Waals surface area contributed by atoms with Crippen molar-refractivity contribution in [2.24, 2.45) is 11.8 Å². The van der Waals surface area contributed by atoms with Crippen molar-refractivity contribution in [3.05, 3.63) is 0 Å². The predicted octanol–water partition coefficient (Wildman–Crippen LogP) is 0.634. The summed E-state index contributed by atoms with van der Waals surface area (Å²) >= 11 is 0. The van der Waals surface area contributed by atoms with Gasteiger partial charge in [-0.1, -0.05) is 6.92 Å². The molecule has 0 bridgehead atoms. The smallest absolute Gasteiger partial charge is 0.0375 e. The lowest BCUT2D eigenvalue weighted by Gasteiger charge is -2.02.